The molecule has 140 valence electrons. The number of aromatic nitrogens is 3. The predicted octanol–water partition coefficient (Wildman–Crippen LogP) is 1.87. The van der Waals surface area contributed by atoms with Gasteiger partial charge in [-0.2, -0.15) is 5.10 Å². The molecule has 26 heavy (non-hydrogen) atoms. The van der Waals surface area contributed by atoms with Crippen molar-refractivity contribution < 1.29 is 4.92 Å². The summed E-state index contributed by atoms with van der Waals surface area (Å²) in [6.07, 6.45) is 3.42. The zero-order valence-electron chi connectivity index (χ0n) is 14.5. The first-order valence-electron chi connectivity index (χ1n) is 8.30. The number of hydrogen-bond acceptors (Lipinski definition) is 5. The number of nitro benzene ring substituents is 1. The van der Waals surface area contributed by atoms with Gasteiger partial charge in [0.1, 0.15) is 12.2 Å². The maximum Gasteiger partial charge on any atom is 0.269 e. The molecular formula is C16H22IN7O2. The molecule has 0 saturated carbocycles. The fourth-order valence-electron chi connectivity index (χ4n) is 2.81. The van der Waals surface area contributed by atoms with Gasteiger partial charge in [0.05, 0.1) is 18.0 Å². The third-order valence-corrected chi connectivity index (χ3v) is 4.03. The van der Waals surface area contributed by atoms with Crippen LogP contribution in [-0.4, -0.2) is 38.2 Å². The Hall–Kier alpha value is -2.24. The molecule has 2 heterocycles. The highest BCUT2D eigenvalue weighted by atomic mass is 127. The smallest absolute Gasteiger partial charge is 0.269 e. The van der Waals surface area contributed by atoms with Gasteiger partial charge in [-0.3, -0.25) is 10.1 Å². The number of halogens is 1. The van der Waals surface area contributed by atoms with E-state index in [4.69, 9.17) is 0 Å². The molecule has 1 unspecified atom stereocenters. The van der Waals surface area contributed by atoms with E-state index < -0.39 is 4.92 Å². The molecule has 2 N–H and O–H groups in total. The Labute approximate surface area is 168 Å². The molecule has 0 amide bonds. The normalized spacial score (nSPS) is 16.3. The zero-order valence-corrected chi connectivity index (χ0v) is 16.8. The minimum Gasteiger partial charge on any atom is -0.357 e. The molecule has 0 spiro atoms. The number of fused-ring (bicyclic) bond motifs is 1. The minimum absolute atomic E-state index is 0. The van der Waals surface area contributed by atoms with Crippen molar-refractivity contribution in [2.24, 2.45) is 4.99 Å². The van der Waals surface area contributed by atoms with Gasteiger partial charge in [-0.25, -0.2) is 14.7 Å². The Bertz CT molecular complexity index is 777. The summed E-state index contributed by atoms with van der Waals surface area (Å²) in [4.78, 5) is 19.2. The standard InChI is InChI=1S/C16H21N7O2.HI/c1-2-17-16(18-9-12-4-3-5-14(8-12)23(24)25)21-13-6-7-15-19-11-20-22(15)10-13;/h3-5,8,11,13H,2,6-7,9-10H2,1H3,(H2,17,18,21);1H. The van der Waals surface area contributed by atoms with Crippen molar-refractivity contribution in [3.05, 3.63) is 52.1 Å². The van der Waals surface area contributed by atoms with E-state index >= 15 is 0 Å². The largest absolute Gasteiger partial charge is 0.357 e. The number of nitrogens with zero attached hydrogens (tertiary/aromatic N) is 5. The summed E-state index contributed by atoms with van der Waals surface area (Å²) in [5, 5.41) is 21.7. The summed E-state index contributed by atoms with van der Waals surface area (Å²) in [6.45, 7) is 3.86. The van der Waals surface area contributed by atoms with E-state index in [1.165, 1.54) is 6.07 Å². The molecule has 1 aromatic carbocycles. The maximum absolute atomic E-state index is 10.9. The number of hydrogen-bond donors (Lipinski definition) is 2. The summed E-state index contributed by atoms with van der Waals surface area (Å²) in [5.41, 5.74) is 0.880. The average Bonchev–Trinajstić information content (AvgIpc) is 3.08. The quantitative estimate of drug-likeness (QED) is 0.227. The summed E-state index contributed by atoms with van der Waals surface area (Å²) in [6, 6.07) is 6.76. The second kappa shape index (κ2) is 9.46. The molecule has 1 aromatic heterocycles. The van der Waals surface area contributed by atoms with Gasteiger partial charge >= 0.3 is 0 Å². The number of non-ortho nitro benzene ring substituents is 1. The number of aryl methyl sites for hydroxylation is 1. The van der Waals surface area contributed by atoms with Crippen LogP contribution in [0, 0.1) is 10.1 Å². The third-order valence-electron chi connectivity index (χ3n) is 4.03. The van der Waals surface area contributed by atoms with Crippen LogP contribution in [0.15, 0.2) is 35.6 Å². The molecule has 0 aliphatic carbocycles. The Morgan fingerprint density at radius 1 is 1.50 bits per heavy atom. The monoisotopic (exact) mass is 471 g/mol. The number of benzene rings is 1. The molecule has 9 nitrogen and oxygen atoms in total. The highest BCUT2D eigenvalue weighted by Gasteiger charge is 2.20. The summed E-state index contributed by atoms with van der Waals surface area (Å²) in [7, 11) is 0. The van der Waals surface area contributed by atoms with E-state index in [0.717, 1.165) is 37.3 Å². The maximum atomic E-state index is 10.9. The fraction of sp³-hybridized carbons (Fsp3) is 0.438. The average molecular weight is 471 g/mol. The first-order chi connectivity index (χ1) is 12.2. The van der Waals surface area contributed by atoms with Crippen LogP contribution in [0.25, 0.3) is 0 Å². The van der Waals surface area contributed by atoms with Gasteiger partial charge in [0.15, 0.2) is 5.96 Å². The second-order valence-corrected chi connectivity index (χ2v) is 5.86. The lowest BCUT2D eigenvalue weighted by Crippen LogP contribution is -2.47. The highest BCUT2D eigenvalue weighted by Crippen LogP contribution is 2.14. The van der Waals surface area contributed by atoms with E-state index in [0.29, 0.717) is 12.5 Å². The fourth-order valence-corrected chi connectivity index (χ4v) is 2.81. The van der Waals surface area contributed by atoms with Crippen molar-refractivity contribution in [2.75, 3.05) is 6.54 Å². The minimum atomic E-state index is -0.394. The van der Waals surface area contributed by atoms with E-state index in [2.05, 4.69) is 25.7 Å². The van der Waals surface area contributed by atoms with Crippen LogP contribution < -0.4 is 10.6 Å². The molecule has 0 bridgehead atoms. The number of aliphatic imine (C=N–C) groups is 1. The number of nitro groups is 1. The van der Waals surface area contributed by atoms with Gasteiger partial charge in [-0.1, -0.05) is 12.1 Å². The number of rotatable bonds is 5. The van der Waals surface area contributed by atoms with Crippen LogP contribution in [0.1, 0.15) is 24.7 Å². The van der Waals surface area contributed by atoms with E-state index in [1.807, 2.05) is 17.7 Å². The first kappa shape index (κ1) is 20.1. The van der Waals surface area contributed by atoms with Crippen molar-refractivity contribution in [3.8, 4) is 0 Å². The molecule has 2 aromatic rings. The SMILES string of the molecule is CCNC(=NCc1cccc([N+](=O)[O-])c1)NC1CCc2ncnn2C1.I. The Kier molecular flexibility index (Phi) is 7.30. The Morgan fingerprint density at radius 3 is 3.12 bits per heavy atom. The van der Waals surface area contributed by atoms with Gasteiger partial charge in [-0.05, 0) is 18.9 Å². The van der Waals surface area contributed by atoms with Crippen molar-refractivity contribution in [1.82, 2.24) is 25.4 Å². The van der Waals surface area contributed by atoms with Gasteiger partial charge in [0.25, 0.3) is 5.69 Å². The van der Waals surface area contributed by atoms with Crippen molar-refractivity contribution >= 4 is 35.6 Å². The van der Waals surface area contributed by atoms with Crippen molar-refractivity contribution in [3.63, 3.8) is 0 Å². The second-order valence-electron chi connectivity index (χ2n) is 5.86. The topological polar surface area (TPSA) is 110 Å². The third kappa shape index (κ3) is 5.13. The first-order valence-corrected chi connectivity index (χ1v) is 8.30. The summed E-state index contributed by atoms with van der Waals surface area (Å²) >= 11 is 0. The van der Waals surface area contributed by atoms with Crippen molar-refractivity contribution in [1.29, 1.82) is 0 Å². The van der Waals surface area contributed by atoms with E-state index in [-0.39, 0.29) is 35.7 Å². The highest BCUT2D eigenvalue weighted by molar-refractivity contribution is 14.0. The molecule has 10 heteroatoms. The van der Waals surface area contributed by atoms with Crippen LogP contribution in [-0.2, 0) is 19.5 Å². The lowest BCUT2D eigenvalue weighted by atomic mass is 10.1. The summed E-state index contributed by atoms with van der Waals surface area (Å²) < 4.78 is 1.91. The predicted molar refractivity (Wildman–Crippen MR) is 109 cm³/mol. The molecule has 0 radical (unpaired) electrons. The van der Waals surface area contributed by atoms with Crippen LogP contribution in [0.4, 0.5) is 5.69 Å². The molecule has 1 aliphatic heterocycles. The van der Waals surface area contributed by atoms with Gasteiger partial charge in [0, 0.05) is 31.1 Å². The lowest BCUT2D eigenvalue weighted by molar-refractivity contribution is -0.384. The molecule has 3 rings (SSSR count). The van der Waals surface area contributed by atoms with Crippen LogP contribution >= 0.6 is 24.0 Å². The Morgan fingerprint density at radius 2 is 2.35 bits per heavy atom. The van der Waals surface area contributed by atoms with E-state index in [9.17, 15) is 10.1 Å². The molecule has 0 fully saturated rings. The molecule has 1 atom stereocenters. The molecule has 1 aliphatic rings. The van der Waals surface area contributed by atoms with Crippen molar-refractivity contribution in [2.45, 2.75) is 38.9 Å². The van der Waals surface area contributed by atoms with Gasteiger partial charge in [0.2, 0.25) is 0 Å². The number of nitrogens with one attached hydrogen (secondary N) is 2. The van der Waals surface area contributed by atoms with Gasteiger partial charge < -0.3 is 10.6 Å². The van der Waals surface area contributed by atoms with E-state index in [1.54, 1.807) is 18.5 Å². The van der Waals surface area contributed by atoms with Crippen LogP contribution in [0.2, 0.25) is 0 Å². The Balaban J connectivity index is 0.00000243. The van der Waals surface area contributed by atoms with Crippen LogP contribution in [0.5, 0.6) is 0 Å². The number of guanidine groups is 1. The zero-order chi connectivity index (χ0) is 17.6. The van der Waals surface area contributed by atoms with Gasteiger partial charge in [-0.15, -0.1) is 24.0 Å². The molecule has 0 saturated heterocycles. The van der Waals surface area contributed by atoms with Crippen LogP contribution in [0.3, 0.4) is 0 Å². The molecular weight excluding hydrogens is 449 g/mol. The summed E-state index contributed by atoms with van der Waals surface area (Å²) in [5.74, 6) is 1.71. The lowest BCUT2D eigenvalue weighted by Gasteiger charge is -2.25.